The van der Waals surface area contributed by atoms with Crippen LogP contribution in [0.3, 0.4) is 0 Å². The van der Waals surface area contributed by atoms with Crippen LogP contribution < -0.4 is 19.8 Å². The van der Waals surface area contributed by atoms with Gasteiger partial charge in [-0.25, -0.2) is 0 Å². The standard InChI is InChI=1S/C42H34Cl3N3O8/c1-20(49)21-4-9-25(10-5-21)47-38(51)28-14-13-27-29(35(28)40(47)53)19-30-39(52)48(46-33-15-8-24(43)18-31(33)44)41(54)42(30,23-6-11-26(55-2)12-7-23)36(27)22-16-32(45)37(50)34(17-22)56-3/h4-13,15-18,28-30,35-36,46,50H,14,19H2,1-3H3/t28-,29+,30-,35-,36-,42+/m0/s1. The Morgan fingerprint density at radius 3 is 2.20 bits per heavy atom. The zero-order valence-corrected chi connectivity index (χ0v) is 32.5. The number of benzene rings is 4. The summed E-state index contributed by atoms with van der Waals surface area (Å²) in [7, 11) is 2.89. The molecular weight excluding hydrogens is 781 g/mol. The Morgan fingerprint density at radius 2 is 1.55 bits per heavy atom. The number of nitrogens with zero attached hydrogens (tertiary/aromatic N) is 2. The number of amides is 4. The van der Waals surface area contributed by atoms with Gasteiger partial charge in [-0.15, -0.1) is 0 Å². The van der Waals surface area contributed by atoms with E-state index in [-0.39, 0.29) is 45.9 Å². The molecule has 1 saturated carbocycles. The number of imide groups is 2. The van der Waals surface area contributed by atoms with Gasteiger partial charge in [0.05, 0.1) is 58.8 Å². The molecule has 0 spiro atoms. The number of methoxy groups -OCH3 is 2. The number of anilines is 2. The number of halogens is 3. The van der Waals surface area contributed by atoms with E-state index in [9.17, 15) is 24.3 Å². The van der Waals surface area contributed by atoms with E-state index in [1.807, 2.05) is 6.08 Å². The van der Waals surface area contributed by atoms with E-state index in [1.165, 1.54) is 33.3 Å². The SMILES string of the molecule is COc1ccc([C@@]23C(=O)N(Nc4ccc(Cl)cc4Cl)C(=O)[C@@H]2C[C@@H]2C(=CC[C@@H]4C(=O)N(c5ccc(C(C)=O)cc5)C(=O)[C@@H]42)[C@@H]3c2cc(Cl)c(O)c(OC)c2)cc1. The first kappa shape index (κ1) is 37.6. The average molecular weight is 815 g/mol. The van der Waals surface area contributed by atoms with Crippen LogP contribution in [0.1, 0.15) is 47.2 Å². The Hall–Kier alpha value is -5.36. The van der Waals surface area contributed by atoms with Crippen molar-refractivity contribution in [2.24, 2.45) is 23.7 Å². The number of carbonyl (C=O) groups is 5. The van der Waals surface area contributed by atoms with E-state index >= 15 is 4.79 Å². The minimum absolute atomic E-state index is 0.0334. The van der Waals surface area contributed by atoms with Gasteiger partial charge in [0, 0.05) is 16.5 Å². The van der Waals surface area contributed by atoms with Crippen LogP contribution in [-0.2, 0) is 24.6 Å². The van der Waals surface area contributed by atoms with Crippen LogP contribution in [0.2, 0.25) is 15.1 Å². The Bertz CT molecular complexity index is 2380. The Kier molecular flexibility index (Phi) is 9.38. The molecule has 2 N–H and O–H groups in total. The molecule has 4 aromatic carbocycles. The number of rotatable bonds is 8. The first-order chi connectivity index (χ1) is 26.8. The highest BCUT2D eigenvalue weighted by Gasteiger charge is 2.70. The molecule has 3 fully saturated rings. The van der Waals surface area contributed by atoms with E-state index in [1.54, 1.807) is 66.7 Å². The van der Waals surface area contributed by atoms with Crippen LogP contribution in [0.5, 0.6) is 17.2 Å². The molecule has 286 valence electrons. The van der Waals surface area contributed by atoms with E-state index in [0.717, 1.165) is 9.91 Å². The van der Waals surface area contributed by atoms with Gasteiger partial charge >= 0.3 is 0 Å². The third kappa shape index (κ3) is 5.58. The molecule has 0 aromatic heterocycles. The van der Waals surface area contributed by atoms with E-state index in [4.69, 9.17) is 44.3 Å². The maximum Gasteiger partial charge on any atom is 0.260 e. The number of phenols is 1. The number of ketones is 1. The Labute approximate surface area is 336 Å². The fourth-order valence-corrected chi connectivity index (χ4v) is 9.90. The third-order valence-electron chi connectivity index (χ3n) is 11.7. The second kappa shape index (κ2) is 14.0. The minimum Gasteiger partial charge on any atom is -0.503 e. The quantitative estimate of drug-likeness (QED) is 0.104. The Morgan fingerprint density at radius 1 is 0.839 bits per heavy atom. The van der Waals surface area contributed by atoms with Gasteiger partial charge in [-0.2, -0.15) is 5.01 Å². The number of hydrogen-bond donors (Lipinski definition) is 2. The molecule has 0 unspecified atom stereocenters. The molecule has 14 heteroatoms. The number of nitrogens with one attached hydrogen (secondary N) is 1. The van der Waals surface area contributed by atoms with Gasteiger partial charge < -0.3 is 14.6 Å². The lowest BCUT2D eigenvalue weighted by atomic mass is 9.49. The average Bonchev–Trinajstić information content (AvgIpc) is 3.57. The fourth-order valence-electron chi connectivity index (χ4n) is 9.23. The number of aromatic hydroxyl groups is 1. The number of phenolic OH excluding ortho intramolecular Hbond substituents is 1. The summed E-state index contributed by atoms with van der Waals surface area (Å²) in [4.78, 5) is 72.4. The molecule has 2 heterocycles. The molecule has 11 nitrogen and oxygen atoms in total. The van der Waals surface area contributed by atoms with Crippen LogP contribution >= 0.6 is 34.8 Å². The molecule has 6 atom stereocenters. The lowest BCUT2D eigenvalue weighted by Crippen LogP contribution is -2.53. The molecule has 56 heavy (non-hydrogen) atoms. The molecule has 2 saturated heterocycles. The molecular formula is C42H34Cl3N3O8. The van der Waals surface area contributed by atoms with Crippen molar-refractivity contribution in [1.29, 1.82) is 0 Å². The number of fused-ring (bicyclic) bond motifs is 4. The molecule has 0 bridgehead atoms. The van der Waals surface area contributed by atoms with E-state index in [2.05, 4.69) is 5.43 Å². The van der Waals surface area contributed by atoms with Crippen molar-refractivity contribution >= 4 is 75.6 Å². The molecule has 0 radical (unpaired) electrons. The Balaban J connectivity index is 1.33. The maximum absolute atomic E-state index is 15.5. The van der Waals surface area contributed by atoms with Crippen LogP contribution in [0.4, 0.5) is 11.4 Å². The van der Waals surface area contributed by atoms with Crippen molar-refractivity contribution in [3.05, 3.63) is 122 Å². The van der Waals surface area contributed by atoms with Crippen molar-refractivity contribution in [2.75, 3.05) is 24.5 Å². The highest BCUT2D eigenvalue weighted by molar-refractivity contribution is 6.36. The van der Waals surface area contributed by atoms with Gasteiger partial charge in [-0.1, -0.05) is 58.6 Å². The highest BCUT2D eigenvalue weighted by atomic mass is 35.5. The van der Waals surface area contributed by atoms with Crippen molar-refractivity contribution in [3.8, 4) is 17.2 Å². The van der Waals surface area contributed by atoms with Crippen molar-refractivity contribution in [1.82, 2.24) is 5.01 Å². The van der Waals surface area contributed by atoms with Gasteiger partial charge in [0.1, 0.15) is 5.75 Å². The number of carbonyl (C=O) groups excluding carboxylic acids is 5. The molecule has 2 aliphatic heterocycles. The number of allylic oxidation sites excluding steroid dienone is 2. The topological polar surface area (TPSA) is 143 Å². The largest absolute Gasteiger partial charge is 0.503 e. The maximum atomic E-state index is 15.5. The van der Waals surface area contributed by atoms with Gasteiger partial charge in [0.25, 0.3) is 11.8 Å². The van der Waals surface area contributed by atoms with Gasteiger partial charge in [-0.05, 0) is 104 Å². The summed E-state index contributed by atoms with van der Waals surface area (Å²) in [5.74, 6) is -6.25. The van der Waals surface area contributed by atoms with Gasteiger partial charge in [-0.3, -0.25) is 34.3 Å². The summed E-state index contributed by atoms with van der Waals surface area (Å²) in [5, 5.41) is 12.3. The molecule has 4 aromatic rings. The van der Waals surface area contributed by atoms with Crippen LogP contribution in [0.25, 0.3) is 0 Å². The molecule has 2 aliphatic carbocycles. The van der Waals surface area contributed by atoms with Crippen LogP contribution in [-0.4, -0.2) is 53.7 Å². The number of hydrazine groups is 1. The molecule has 4 amide bonds. The minimum atomic E-state index is -1.65. The number of Topliss-reactive ketones (excluding diaryl/α,β-unsaturated/α-hetero) is 1. The first-order valence-electron chi connectivity index (χ1n) is 17.8. The van der Waals surface area contributed by atoms with Crippen LogP contribution in [0, 0.1) is 23.7 Å². The summed E-state index contributed by atoms with van der Waals surface area (Å²) < 4.78 is 11.0. The first-order valence-corrected chi connectivity index (χ1v) is 18.9. The zero-order chi connectivity index (χ0) is 39.8. The summed E-state index contributed by atoms with van der Waals surface area (Å²) in [6.07, 6.45) is 2.12. The van der Waals surface area contributed by atoms with Crippen molar-refractivity contribution in [3.63, 3.8) is 0 Å². The summed E-state index contributed by atoms with van der Waals surface area (Å²) >= 11 is 19.4. The van der Waals surface area contributed by atoms with Gasteiger partial charge in [0.15, 0.2) is 17.3 Å². The summed E-state index contributed by atoms with van der Waals surface area (Å²) in [6.45, 7) is 1.43. The number of hydrogen-bond acceptors (Lipinski definition) is 9. The monoisotopic (exact) mass is 813 g/mol. The lowest BCUT2D eigenvalue weighted by molar-refractivity contribution is -0.138. The predicted octanol–water partition coefficient (Wildman–Crippen LogP) is 7.76. The van der Waals surface area contributed by atoms with Crippen LogP contribution in [0.15, 0.2) is 90.5 Å². The predicted molar refractivity (Wildman–Crippen MR) is 209 cm³/mol. The van der Waals surface area contributed by atoms with E-state index in [0.29, 0.717) is 38.7 Å². The normalized spacial score (nSPS) is 25.4. The fraction of sp³-hybridized carbons (Fsp3) is 0.262. The van der Waals surface area contributed by atoms with Crippen molar-refractivity contribution in [2.45, 2.75) is 31.1 Å². The van der Waals surface area contributed by atoms with Crippen molar-refractivity contribution < 1.29 is 38.6 Å². The second-order valence-electron chi connectivity index (χ2n) is 14.4. The third-order valence-corrected chi connectivity index (χ3v) is 12.6. The number of ether oxygens (including phenoxy) is 2. The summed E-state index contributed by atoms with van der Waals surface area (Å²) in [5.41, 5.74) is 3.94. The smallest absolute Gasteiger partial charge is 0.260 e. The highest BCUT2D eigenvalue weighted by Crippen LogP contribution is 2.65. The zero-order valence-electron chi connectivity index (χ0n) is 30.2. The van der Waals surface area contributed by atoms with Gasteiger partial charge in [0.2, 0.25) is 11.8 Å². The van der Waals surface area contributed by atoms with E-state index < -0.39 is 58.6 Å². The molecule has 8 rings (SSSR count). The summed E-state index contributed by atoms with van der Waals surface area (Å²) in [6, 6.07) is 20.9. The lowest BCUT2D eigenvalue weighted by Gasteiger charge is -2.50. The second-order valence-corrected chi connectivity index (χ2v) is 15.6. The molecule has 4 aliphatic rings.